The Kier molecular flexibility index (Phi) is 1.70. The van der Waals surface area contributed by atoms with Gasteiger partial charge in [0.2, 0.25) is 0 Å². The predicted molar refractivity (Wildman–Crippen MR) is 47.7 cm³/mol. The number of halogens is 2. The highest BCUT2D eigenvalue weighted by Crippen LogP contribution is 2.24. The first-order valence-corrected chi connectivity index (χ1v) is 4.10. The largest absolute Gasteiger partial charge is 0.215 e. The number of nitrogens with zero attached hydrogens (tertiary/aromatic N) is 3. The fourth-order valence-electron chi connectivity index (χ4n) is 0.979. The van der Waals surface area contributed by atoms with Crippen LogP contribution in [0.5, 0.6) is 0 Å². The van der Waals surface area contributed by atoms with Crippen molar-refractivity contribution in [1.82, 2.24) is 14.6 Å². The molecule has 0 bridgehead atoms. The molecule has 2 aromatic heterocycles. The Balaban J connectivity index is 2.94. The average Bonchev–Trinajstić information content (AvgIpc) is 2.48. The van der Waals surface area contributed by atoms with Crippen LogP contribution >= 0.6 is 23.2 Å². The topological polar surface area (TPSA) is 30.2 Å². The zero-order valence-corrected chi connectivity index (χ0v) is 7.76. The van der Waals surface area contributed by atoms with E-state index in [1.54, 1.807) is 10.6 Å². The van der Waals surface area contributed by atoms with Crippen LogP contribution < -0.4 is 0 Å². The SMILES string of the molecule is Cc1c(Cl)cc2ncnn2c1Cl. The number of pyridine rings is 1. The normalized spacial score (nSPS) is 10.9. The fourth-order valence-corrected chi connectivity index (χ4v) is 1.45. The minimum absolute atomic E-state index is 0.509. The van der Waals surface area contributed by atoms with E-state index in [1.165, 1.54) is 6.33 Å². The summed E-state index contributed by atoms with van der Waals surface area (Å²) >= 11 is 11.8. The lowest BCUT2D eigenvalue weighted by Gasteiger charge is -2.01. The molecule has 0 spiro atoms. The molecular weight excluding hydrogens is 197 g/mol. The Bertz CT molecular complexity index is 435. The van der Waals surface area contributed by atoms with Crippen LogP contribution in [0.3, 0.4) is 0 Å². The molecule has 0 aliphatic rings. The van der Waals surface area contributed by atoms with Crippen molar-refractivity contribution < 1.29 is 0 Å². The number of aromatic nitrogens is 3. The average molecular weight is 202 g/mol. The van der Waals surface area contributed by atoms with Crippen molar-refractivity contribution in [3.8, 4) is 0 Å². The molecule has 2 rings (SSSR count). The first-order valence-electron chi connectivity index (χ1n) is 3.34. The van der Waals surface area contributed by atoms with E-state index in [4.69, 9.17) is 23.2 Å². The molecule has 0 aromatic carbocycles. The van der Waals surface area contributed by atoms with Crippen LogP contribution in [-0.2, 0) is 0 Å². The number of hydrogen-bond donors (Lipinski definition) is 0. The molecular formula is C7H5Cl2N3. The molecule has 0 unspecified atom stereocenters. The molecule has 0 radical (unpaired) electrons. The summed E-state index contributed by atoms with van der Waals surface area (Å²) in [6, 6.07) is 1.73. The lowest BCUT2D eigenvalue weighted by molar-refractivity contribution is 0.952. The summed E-state index contributed by atoms with van der Waals surface area (Å²) in [6.07, 6.45) is 1.44. The van der Waals surface area contributed by atoms with Gasteiger partial charge in [-0.15, -0.1) is 0 Å². The van der Waals surface area contributed by atoms with Crippen molar-refractivity contribution in [2.45, 2.75) is 6.92 Å². The monoisotopic (exact) mass is 201 g/mol. The highest BCUT2D eigenvalue weighted by molar-refractivity contribution is 6.35. The molecule has 5 heteroatoms. The lowest BCUT2D eigenvalue weighted by Crippen LogP contribution is -1.92. The summed E-state index contributed by atoms with van der Waals surface area (Å²) in [5, 5.41) is 5.06. The molecule has 0 aliphatic carbocycles. The summed E-state index contributed by atoms with van der Waals surface area (Å²) in [7, 11) is 0. The van der Waals surface area contributed by atoms with Crippen molar-refractivity contribution in [3.05, 3.63) is 28.1 Å². The van der Waals surface area contributed by atoms with Gasteiger partial charge in [-0.2, -0.15) is 5.10 Å². The Hall–Kier alpha value is -0.800. The Labute approximate surface area is 78.9 Å². The molecule has 0 amide bonds. The van der Waals surface area contributed by atoms with Crippen LogP contribution in [-0.4, -0.2) is 14.6 Å². The van der Waals surface area contributed by atoms with Gasteiger partial charge in [0.1, 0.15) is 11.5 Å². The second-order valence-electron chi connectivity index (χ2n) is 2.44. The maximum atomic E-state index is 5.95. The van der Waals surface area contributed by atoms with Gasteiger partial charge in [0, 0.05) is 11.6 Å². The third-order valence-corrected chi connectivity index (χ3v) is 2.52. The Morgan fingerprint density at radius 3 is 2.92 bits per heavy atom. The Morgan fingerprint density at radius 2 is 2.17 bits per heavy atom. The predicted octanol–water partition coefficient (Wildman–Crippen LogP) is 2.34. The van der Waals surface area contributed by atoms with Crippen molar-refractivity contribution in [2.75, 3.05) is 0 Å². The second kappa shape index (κ2) is 2.61. The molecule has 0 saturated heterocycles. The number of fused-ring (bicyclic) bond motifs is 1. The van der Waals surface area contributed by atoms with Crippen molar-refractivity contribution in [3.63, 3.8) is 0 Å². The van der Waals surface area contributed by atoms with Crippen LogP contribution in [0.2, 0.25) is 10.2 Å². The molecule has 0 N–H and O–H groups in total. The van der Waals surface area contributed by atoms with Gasteiger partial charge in [0.05, 0.1) is 5.02 Å². The molecule has 0 fully saturated rings. The van der Waals surface area contributed by atoms with E-state index in [9.17, 15) is 0 Å². The van der Waals surface area contributed by atoms with E-state index in [2.05, 4.69) is 10.1 Å². The van der Waals surface area contributed by atoms with Crippen molar-refractivity contribution >= 4 is 28.8 Å². The van der Waals surface area contributed by atoms with Gasteiger partial charge in [0.15, 0.2) is 5.65 Å². The molecule has 3 nitrogen and oxygen atoms in total. The van der Waals surface area contributed by atoms with Crippen LogP contribution in [0.25, 0.3) is 5.65 Å². The second-order valence-corrected chi connectivity index (χ2v) is 3.20. The van der Waals surface area contributed by atoms with E-state index in [1.807, 2.05) is 6.92 Å². The third-order valence-electron chi connectivity index (χ3n) is 1.68. The zero-order chi connectivity index (χ0) is 8.72. The number of hydrogen-bond acceptors (Lipinski definition) is 2. The van der Waals surface area contributed by atoms with Crippen molar-refractivity contribution in [1.29, 1.82) is 0 Å². The van der Waals surface area contributed by atoms with E-state index in [0.717, 1.165) is 5.56 Å². The van der Waals surface area contributed by atoms with Gasteiger partial charge in [-0.05, 0) is 6.92 Å². The Morgan fingerprint density at radius 1 is 1.42 bits per heavy atom. The summed E-state index contributed by atoms with van der Waals surface area (Å²) in [5.74, 6) is 0. The third kappa shape index (κ3) is 0.974. The smallest absolute Gasteiger partial charge is 0.158 e. The molecule has 2 heterocycles. The molecule has 2 aromatic rings. The first-order chi connectivity index (χ1) is 5.70. The van der Waals surface area contributed by atoms with Gasteiger partial charge in [-0.1, -0.05) is 23.2 Å². The molecule has 12 heavy (non-hydrogen) atoms. The molecule has 0 saturated carbocycles. The maximum Gasteiger partial charge on any atom is 0.158 e. The summed E-state index contributed by atoms with van der Waals surface area (Å²) < 4.78 is 1.54. The van der Waals surface area contributed by atoms with Gasteiger partial charge in [-0.25, -0.2) is 9.50 Å². The quantitative estimate of drug-likeness (QED) is 0.613. The van der Waals surface area contributed by atoms with Crippen LogP contribution in [0.15, 0.2) is 12.4 Å². The van der Waals surface area contributed by atoms with Gasteiger partial charge in [-0.3, -0.25) is 0 Å². The molecule has 62 valence electrons. The highest BCUT2D eigenvalue weighted by atomic mass is 35.5. The zero-order valence-electron chi connectivity index (χ0n) is 6.25. The minimum Gasteiger partial charge on any atom is -0.215 e. The standard InChI is InChI=1S/C7H5Cl2N3/c1-4-5(8)2-6-10-3-11-12(6)7(4)9/h2-3H,1H3. The van der Waals surface area contributed by atoms with E-state index in [0.29, 0.717) is 15.8 Å². The highest BCUT2D eigenvalue weighted by Gasteiger charge is 2.07. The van der Waals surface area contributed by atoms with Gasteiger partial charge >= 0.3 is 0 Å². The minimum atomic E-state index is 0.509. The fraction of sp³-hybridized carbons (Fsp3) is 0.143. The first kappa shape index (κ1) is 7.83. The summed E-state index contributed by atoms with van der Waals surface area (Å²) in [4.78, 5) is 3.96. The molecule has 0 aliphatic heterocycles. The maximum absolute atomic E-state index is 5.95. The summed E-state index contributed by atoms with van der Waals surface area (Å²) in [6.45, 7) is 1.84. The van der Waals surface area contributed by atoms with Gasteiger partial charge < -0.3 is 0 Å². The van der Waals surface area contributed by atoms with E-state index < -0.39 is 0 Å². The number of rotatable bonds is 0. The van der Waals surface area contributed by atoms with Crippen LogP contribution in [0.1, 0.15) is 5.56 Å². The van der Waals surface area contributed by atoms with Crippen LogP contribution in [0.4, 0.5) is 0 Å². The van der Waals surface area contributed by atoms with Crippen molar-refractivity contribution in [2.24, 2.45) is 0 Å². The van der Waals surface area contributed by atoms with Crippen LogP contribution in [0, 0.1) is 6.92 Å². The van der Waals surface area contributed by atoms with E-state index in [-0.39, 0.29) is 0 Å². The van der Waals surface area contributed by atoms with E-state index >= 15 is 0 Å². The lowest BCUT2D eigenvalue weighted by atomic mass is 10.3. The van der Waals surface area contributed by atoms with Gasteiger partial charge in [0.25, 0.3) is 0 Å². The molecule has 0 atom stereocenters. The summed E-state index contributed by atoms with van der Waals surface area (Å²) in [5.41, 5.74) is 1.48.